The minimum absolute atomic E-state index is 0.228. The van der Waals surface area contributed by atoms with E-state index in [1.165, 1.54) is 0 Å². The summed E-state index contributed by atoms with van der Waals surface area (Å²) < 4.78 is 13.5. The second-order valence-electron chi connectivity index (χ2n) is 3.55. The van der Waals surface area contributed by atoms with Crippen LogP contribution in [-0.2, 0) is 6.54 Å². The van der Waals surface area contributed by atoms with Crippen LogP contribution in [0, 0.1) is 5.82 Å². The Kier molecular flexibility index (Phi) is 4.91. The van der Waals surface area contributed by atoms with Crippen LogP contribution in [0.2, 0.25) is 0 Å². The molecule has 0 atom stereocenters. The molecule has 0 aliphatic carbocycles. The molecular weight excluding hydrogens is 211 g/mol. The number of anilines is 1. The van der Waals surface area contributed by atoms with Crippen molar-refractivity contribution in [2.75, 3.05) is 31.3 Å². The van der Waals surface area contributed by atoms with Gasteiger partial charge in [-0.25, -0.2) is 4.39 Å². The zero-order valence-corrected chi connectivity index (χ0v) is 9.98. The van der Waals surface area contributed by atoms with Gasteiger partial charge < -0.3 is 10.6 Å². The van der Waals surface area contributed by atoms with Crippen LogP contribution >= 0.6 is 11.8 Å². The summed E-state index contributed by atoms with van der Waals surface area (Å²) in [5.74, 6) is 0.772. The van der Waals surface area contributed by atoms with Crippen molar-refractivity contribution >= 4 is 17.4 Å². The Morgan fingerprint density at radius 1 is 1.47 bits per heavy atom. The second kappa shape index (κ2) is 5.98. The van der Waals surface area contributed by atoms with Crippen LogP contribution in [0.15, 0.2) is 18.2 Å². The summed E-state index contributed by atoms with van der Waals surface area (Å²) in [5, 5.41) is 0. The Hall–Kier alpha value is -0.740. The minimum atomic E-state index is -0.284. The number of nitrogen functional groups attached to an aromatic ring is 1. The van der Waals surface area contributed by atoms with Gasteiger partial charge in [-0.1, -0.05) is 12.1 Å². The highest BCUT2D eigenvalue weighted by Crippen LogP contribution is 2.15. The van der Waals surface area contributed by atoms with Crippen molar-refractivity contribution in [1.29, 1.82) is 0 Å². The van der Waals surface area contributed by atoms with Crippen LogP contribution < -0.4 is 5.73 Å². The van der Waals surface area contributed by atoms with E-state index in [1.54, 1.807) is 30.0 Å². The fourth-order valence-electron chi connectivity index (χ4n) is 1.34. The average Bonchev–Trinajstić information content (AvgIpc) is 2.22. The van der Waals surface area contributed by atoms with Crippen LogP contribution in [-0.4, -0.2) is 30.5 Å². The zero-order valence-electron chi connectivity index (χ0n) is 9.16. The van der Waals surface area contributed by atoms with Gasteiger partial charge in [0.15, 0.2) is 5.82 Å². The van der Waals surface area contributed by atoms with Crippen molar-refractivity contribution < 1.29 is 4.39 Å². The van der Waals surface area contributed by atoms with Gasteiger partial charge in [-0.05, 0) is 19.4 Å². The maximum Gasteiger partial charge on any atom is 0.150 e. The zero-order chi connectivity index (χ0) is 11.3. The number of thioether (sulfide) groups is 1. The predicted octanol–water partition coefficient (Wildman–Crippen LogP) is 2.20. The first-order valence-electron chi connectivity index (χ1n) is 4.85. The first-order valence-corrected chi connectivity index (χ1v) is 6.25. The summed E-state index contributed by atoms with van der Waals surface area (Å²) in [7, 11) is 1.98. The quantitative estimate of drug-likeness (QED) is 0.783. The molecule has 0 heterocycles. The summed E-state index contributed by atoms with van der Waals surface area (Å²) in [5.41, 5.74) is 6.39. The van der Waals surface area contributed by atoms with Crippen molar-refractivity contribution in [1.82, 2.24) is 4.90 Å². The molecule has 1 aromatic rings. The minimum Gasteiger partial charge on any atom is -0.396 e. The van der Waals surface area contributed by atoms with Gasteiger partial charge in [0.2, 0.25) is 0 Å². The van der Waals surface area contributed by atoms with E-state index in [1.807, 2.05) is 7.05 Å². The summed E-state index contributed by atoms with van der Waals surface area (Å²) in [6.07, 6.45) is 2.06. The fraction of sp³-hybridized carbons (Fsp3) is 0.455. The first-order chi connectivity index (χ1) is 7.15. The first kappa shape index (κ1) is 12.3. The van der Waals surface area contributed by atoms with Gasteiger partial charge in [-0.3, -0.25) is 0 Å². The molecule has 2 nitrogen and oxygen atoms in total. The molecule has 4 heteroatoms. The van der Waals surface area contributed by atoms with Crippen LogP contribution in [0.25, 0.3) is 0 Å². The molecule has 1 aromatic carbocycles. The smallest absolute Gasteiger partial charge is 0.150 e. The van der Waals surface area contributed by atoms with Crippen molar-refractivity contribution in [3.63, 3.8) is 0 Å². The number of hydrogen-bond donors (Lipinski definition) is 1. The van der Waals surface area contributed by atoms with Crippen LogP contribution in [0.5, 0.6) is 0 Å². The van der Waals surface area contributed by atoms with Gasteiger partial charge in [0.05, 0.1) is 5.69 Å². The van der Waals surface area contributed by atoms with Crippen LogP contribution in [0.1, 0.15) is 5.56 Å². The summed E-state index contributed by atoms with van der Waals surface area (Å²) in [6.45, 7) is 1.56. The third kappa shape index (κ3) is 3.72. The number of nitrogens with two attached hydrogens (primary N) is 1. The molecule has 0 saturated carbocycles. The maximum absolute atomic E-state index is 13.5. The molecule has 0 radical (unpaired) electrons. The van der Waals surface area contributed by atoms with E-state index in [-0.39, 0.29) is 11.5 Å². The van der Waals surface area contributed by atoms with Gasteiger partial charge >= 0.3 is 0 Å². The lowest BCUT2D eigenvalue weighted by Gasteiger charge is -2.16. The van der Waals surface area contributed by atoms with Crippen molar-refractivity contribution in [3.05, 3.63) is 29.6 Å². The predicted molar refractivity (Wildman–Crippen MR) is 65.5 cm³/mol. The summed E-state index contributed by atoms with van der Waals surface area (Å²) >= 11 is 1.79. The average molecular weight is 228 g/mol. The molecule has 0 aliphatic rings. The number of halogens is 1. The third-order valence-corrected chi connectivity index (χ3v) is 2.82. The molecule has 0 unspecified atom stereocenters. The normalized spacial score (nSPS) is 10.9. The number of hydrogen-bond acceptors (Lipinski definition) is 3. The van der Waals surface area contributed by atoms with Crippen molar-refractivity contribution in [2.24, 2.45) is 0 Å². The van der Waals surface area contributed by atoms with E-state index in [4.69, 9.17) is 5.73 Å². The van der Waals surface area contributed by atoms with E-state index >= 15 is 0 Å². The highest BCUT2D eigenvalue weighted by Gasteiger charge is 2.07. The SMILES string of the molecule is CSCCN(C)Cc1cccc(N)c1F. The lowest BCUT2D eigenvalue weighted by Crippen LogP contribution is -2.21. The van der Waals surface area contributed by atoms with Crippen LogP contribution in [0.3, 0.4) is 0 Å². The van der Waals surface area contributed by atoms with Crippen molar-refractivity contribution in [3.8, 4) is 0 Å². The monoisotopic (exact) mass is 228 g/mol. The molecule has 15 heavy (non-hydrogen) atoms. The van der Waals surface area contributed by atoms with Gasteiger partial charge in [0.25, 0.3) is 0 Å². The van der Waals surface area contributed by atoms with E-state index in [0.29, 0.717) is 12.1 Å². The Morgan fingerprint density at radius 3 is 2.87 bits per heavy atom. The fourth-order valence-corrected chi connectivity index (χ4v) is 1.83. The Bertz CT molecular complexity index is 317. The Balaban J connectivity index is 2.60. The van der Waals surface area contributed by atoms with Crippen LogP contribution in [0.4, 0.5) is 10.1 Å². The second-order valence-corrected chi connectivity index (χ2v) is 4.54. The third-order valence-electron chi connectivity index (χ3n) is 2.23. The standard InChI is InChI=1S/C11H17FN2S/c1-14(6-7-15-2)8-9-4-3-5-10(13)11(9)12/h3-5H,6-8,13H2,1-2H3. The molecule has 0 amide bonds. The molecule has 0 fully saturated rings. The molecule has 1 rings (SSSR count). The molecule has 0 aliphatic heterocycles. The van der Waals surface area contributed by atoms with E-state index in [2.05, 4.69) is 11.2 Å². The maximum atomic E-state index is 13.5. The van der Waals surface area contributed by atoms with Gasteiger partial charge in [0, 0.05) is 24.4 Å². The lowest BCUT2D eigenvalue weighted by atomic mass is 10.2. The van der Waals surface area contributed by atoms with Gasteiger partial charge in [0.1, 0.15) is 0 Å². The number of nitrogens with zero attached hydrogens (tertiary/aromatic N) is 1. The molecule has 0 spiro atoms. The highest BCUT2D eigenvalue weighted by molar-refractivity contribution is 7.98. The van der Waals surface area contributed by atoms with Gasteiger partial charge in [-0.2, -0.15) is 11.8 Å². The van der Waals surface area contributed by atoms with Gasteiger partial charge in [-0.15, -0.1) is 0 Å². The number of rotatable bonds is 5. The summed E-state index contributed by atoms with van der Waals surface area (Å²) in [6, 6.07) is 5.15. The number of benzene rings is 1. The molecule has 0 bridgehead atoms. The molecule has 0 aromatic heterocycles. The molecule has 2 N–H and O–H groups in total. The Labute approximate surface area is 94.6 Å². The molecule has 0 saturated heterocycles. The summed E-state index contributed by atoms with van der Waals surface area (Å²) in [4.78, 5) is 2.09. The highest BCUT2D eigenvalue weighted by atomic mass is 32.2. The van der Waals surface area contributed by atoms with E-state index in [9.17, 15) is 4.39 Å². The van der Waals surface area contributed by atoms with Crippen molar-refractivity contribution in [2.45, 2.75) is 6.54 Å². The molecular formula is C11H17FN2S. The lowest BCUT2D eigenvalue weighted by molar-refractivity contribution is 0.342. The van der Waals surface area contributed by atoms with E-state index in [0.717, 1.165) is 12.3 Å². The largest absolute Gasteiger partial charge is 0.396 e. The molecule has 84 valence electrons. The topological polar surface area (TPSA) is 29.3 Å². The Morgan fingerprint density at radius 2 is 2.20 bits per heavy atom. The van der Waals surface area contributed by atoms with E-state index < -0.39 is 0 Å².